The van der Waals surface area contributed by atoms with Crippen LogP contribution >= 0.6 is 0 Å². The van der Waals surface area contributed by atoms with Gasteiger partial charge in [-0.25, -0.2) is 0 Å². The van der Waals surface area contributed by atoms with Crippen LogP contribution in [0, 0.1) is 17.8 Å². The lowest BCUT2D eigenvalue weighted by Gasteiger charge is -2.33. The molecule has 1 unspecified atom stereocenters. The SMILES string of the molecule is C#CCCC1(CCC)Cc2ccccc2[C@H]1N. The monoisotopic (exact) mass is 227 g/mol. The second-order valence-electron chi connectivity index (χ2n) is 5.17. The Bertz CT molecular complexity index is 429. The first-order chi connectivity index (χ1) is 8.23. The van der Waals surface area contributed by atoms with E-state index in [1.165, 1.54) is 24.0 Å². The number of fused-ring (bicyclic) bond motifs is 1. The summed E-state index contributed by atoms with van der Waals surface area (Å²) in [5.74, 6) is 2.77. The minimum Gasteiger partial charge on any atom is -0.323 e. The number of nitrogens with two attached hydrogens (primary N) is 1. The van der Waals surface area contributed by atoms with Gasteiger partial charge in [0.25, 0.3) is 0 Å². The molecule has 1 aliphatic carbocycles. The summed E-state index contributed by atoms with van der Waals surface area (Å²) in [4.78, 5) is 0. The van der Waals surface area contributed by atoms with Gasteiger partial charge in [0.2, 0.25) is 0 Å². The first-order valence-electron chi connectivity index (χ1n) is 6.50. The second-order valence-corrected chi connectivity index (χ2v) is 5.17. The lowest BCUT2D eigenvalue weighted by atomic mass is 9.74. The van der Waals surface area contributed by atoms with Gasteiger partial charge in [-0.05, 0) is 35.8 Å². The van der Waals surface area contributed by atoms with Crippen molar-refractivity contribution in [2.45, 2.75) is 45.1 Å². The van der Waals surface area contributed by atoms with E-state index in [2.05, 4.69) is 37.1 Å². The molecular weight excluding hydrogens is 206 g/mol. The highest BCUT2D eigenvalue weighted by Crippen LogP contribution is 2.50. The number of rotatable bonds is 4. The van der Waals surface area contributed by atoms with Crippen LogP contribution in [0.1, 0.15) is 49.8 Å². The maximum Gasteiger partial charge on any atom is 0.0358 e. The number of hydrogen-bond donors (Lipinski definition) is 1. The van der Waals surface area contributed by atoms with Crippen LogP contribution in [-0.4, -0.2) is 0 Å². The minimum atomic E-state index is 0.159. The van der Waals surface area contributed by atoms with E-state index in [1.807, 2.05) is 0 Å². The van der Waals surface area contributed by atoms with E-state index < -0.39 is 0 Å². The molecule has 0 saturated carbocycles. The highest BCUT2D eigenvalue weighted by atomic mass is 14.7. The second kappa shape index (κ2) is 4.94. The molecule has 0 aliphatic heterocycles. The largest absolute Gasteiger partial charge is 0.323 e. The third kappa shape index (κ3) is 2.10. The molecule has 1 heteroatoms. The number of terminal acetylenes is 1. The van der Waals surface area contributed by atoms with Gasteiger partial charge >= 0.3 is 0 Å². The molecule has 90 valence electrons. The van der Waals surface area contributed by atoms with Crippen LogP contribution in [0.25, 0.3) is 0 Å². The summed E-state index contributed by atoms with van der Waals surface area (Å²) in [6, 6.07) is 8.74. The van der Waals surface area contributed by atoms with E-state index in [-0.39, 0.29) is 11.5 Å². The van der Waals surface area contributed by atoms with Crippen molar-refractivity contribution in [2.75, 3.05) is 0 Å². The molecule has 0 spiro atoms. The Labute approximate surface area is 104 Å². The molecule has 0 saturated heterocycles. The van der Waals surface area contributed by atoms with E-state index >= 15 is 0 Å². The van der Waals surface area contributed by atoms with E-state index in [0.29, 0.717) is 0 Å². The van der Waals surface area contributed by atoms with Gasteiger partial charge in [-0.15, -0.1) is 12.3 Å². The van der Waals surface area contributed by atoms with E-state index in [9.17, 15) is 0 Å². The third-order valence-electron chi connectivity index (χ3n) is 4.11. The van der Waals surface area contributed by atoms with Crippen molar-refractivity contribution in [3.8, 4) is 12.3 Å². The highest BCUT2D eigenvalue weighted by molar-refractivity contribution is 5.38. The summed E-state index contributed by atoms with van der Waals surface area (Å²) in [6.07, 6.45) is 10.7. The maximum absolute atomic E-state index is 6.48. The molecule has 2 N–H and O–H groups in total. The Hall–Kier alpha value is -1.26. The summed E-state index contributed by atoms with van der Waals surface area (Å²) in [6.45, 7) is 2.23. The molecule has 0 heterocycles. The van der Waals surface area contributed by atoms with E-state index in [4.69, 9.17) is 12.2 Å². The fourth-order valence-electron chi connectivity index (χ4n) is 3.25. The van der Waals surface area contributed by atoms with Crippen LogP contribution in [0.3, 0.4) is 0 Å². The van der Waals surface area contributed by atoms with Crippen LogP contribution in [0.15, 0.2) is 24.3 Å². The summed E-state index contributed by atoms with van der Waals surface area (Å²) in [5, 5.41) is 0. The van der Waals surface area contributed by atoms with Crippen LogP contribution in [-0.2, 0) is 6.42 Å². The third-order valence-corrected chi connectivity index (χ3v) is 4.11. The smallest absolute Gasteiger partial charge is 0.0358 e. The lowest BCUT2D eigenvalue weighted by molar-refractivity contribution is 0.206. The zero-order valence-electron chi connectivity index (χ0n) is 10.6. The standard InChI is InChI=1S/C16H21N/c1-3-5-11-16(10-4-2)12-13-8-6-7-9-14(13)15(16)17/h1,6-9,15H,4-5,10-12,17H2,2H3/t15-,16?/m1/s1. The zero-order chi connectivity index (χ0) is 12.3. The average Bonchev–Trinajstić information content (AvgIpc) is 2.62. The van der Waals surface area contributed by atoms with Crippen molar-refractivity contribution >= 4 is 0 Å². The van der Waals surface area contributed by atoms with Gasteiger partial charge < -0.3 is 5.73 Å². The average molecular weight is 227 g/mol. The molecule has 17 heavy (non-hydrogen) atoms. The summed E-state index contributed by atoms with van der Waals surface area (Å²) >= 11 is 0. The van der Waals surface area contributed by atoms with Crippen LogP contribution in [0.5, 0.6) is 0 Å². The molecule has 1 nitrogen and oxygen atoms in total. The summed E-state index contributed by atoms with van der Waals surface area (Å²) < 4.78 is 0. The van der Waals surface area contributed by atoms with Crippen LogP contribution in [0.4, 0.5) is 0 Å². The quantitative estimate of drug-likeness (QED) is 0.783. The minimum absolute atomic E-state index is 0.159. The van der Waals surface area contributed by atoms with Gasteiger partial charge in [0.15, 0.2) is 0 Å². The molecule has 1 aliphatic rings. The molecule has 0 radical (unpaired) electrons. The Morgan fingerprint density at radius 2 is 2.18 bits per heavy atom. The Kier molecular flexibility index (Phi) is 3.54. The first-order valence-corrected chi connectivity index (χ1v) is 6.50. The van der Waals surface area contributed by atoms with Crippen molar-refractivity contribution in [2.24, 2.45) is 11.1 Å². The van der Waals surface area contributed by atoms with Gasteiger partial charge in [0.05, 0.1) is 0 Å². The number of benzene rings is 1. The number of hydrogen-bond acceptors (Lipinski definition) is 1. The molecule has 0 amide bonds. The van der Waals surface area contributed by atoms with E-state index in [1.54, 1.807) is 0 Å². The first kappa shape index (κ1) is 12.2. The Morgan fingerprint density at radius 1 is 1.41 bits per heavy atom. The van der Waals surface area contributed by atoms with Gasteiger partial charge in [-0.2, -0.15) is 0 Å². The van der Waals surface area contributed by atoms with Gasteiger partial charge in [0.1, 0.15) is 0 Å². The predicted octanol–water partition coefficient (Wildman–Crippen LogP) is 3.44. The molecule has 0 fully saturated rings. The zero-order valence-corrected chi connectivity index (χ0v) is 10.6. The molecule has 0 bridgehead atoms. The molecule has 2 rings (SSSR count). The topological polar surface area (TPSA) is 26.0 Å². The summed E-state index contributed by atoms with van der Waals surface area (Å²) in [5.41, 5.74) is 9.44. The lowest BCUT2D eigenvalue weighted by Crippen LogP contribution is -2.31. The van der Waals surface area contributed by atoms with Crippen molar-refractivity contribution < 1.29 is 0 Å². The molecule has 1 aromatic rings. The van der Waals surface area contributed by atoms with Crippen LogP contribution in [0.2, 0.25) is 0 Å². The fourth-order valence-corrected chi connectivity index (χ4v) is 3.25. The Morgan fingerprint density at radius 3 is 2.82 bits per heavy atom. The van der Waals surface area contributed by atoms with Crippen molar-refractivity contribution in [1.82, 2.24) is 0 Å². The van der Waals surface area contributed by atoms with Gasteiger partial charge in [0, 0.05) is 12.5 Å². The summed E-state index contributed by atoms with van der Waals surface area (Å²) in [7, 11) is 0. The Balaban J connectivity index is 2.29. The molecule has 1 aromatic carbocycles. The predicted molar refractivity (Wildman–Crippen MR) is 72.5 cm³/mol. The fraction of sp³-hybridized carbons (Fsp3) is 0.500. The van der Waals surface area contributed by atoms with Crippen molar-refractivity contribution in [3.05, 3.63) is 35.4 Å². The normalized spacial score (nSPS) is 26.5. The van der Waals surface area contributed by atoms with Gasteiger partial charge in [-0.3, -0.25) is 0 Å². The van der Waals surface area contributed by atoms with E-state index in [0.717, 1.165) is 19.3 Å². The van der Waals surface area contributed by atoms with Crippen molar-refractivity contribution in [3.63, 3.8) is 0 Å². The van der Waals surface area contributed by atoms with Crippen molar-refractivity contribution in [1.29, 1.82) is 0 Å². The molecular formula is C16H21N. The van der Waals surface area contributed by atoms with Crippen LogP contribution < -0.4 is 5.73 Å². The highest BCUT2D eigenvalue weighted by Gasteiger charge is 2.42. The molecule has 2 atom stereocenters. The van der Waals surface area contributed by atoms with Gasteiger partial charge in [-0.1, -0.05) is 37.6 Å². The molecule has 0 aromatic heterocycles. The maximum atomic E-state index is 6.48.